The number of carboxylic acids is 1. The molecule has 0 amide bonds. The number of aryl methyl sites for hydroxylation is 1. The van der Waals surface area contributed by atoms with Gasteiger partial charge in [-0.2, -0.15) is 11.8 Å². The van der Waals surface area contributed by atoms with Gasteiger partial charge < -0.3 is 9.52 Å². The second-order valence-corrected chi connectivity index (χ2v) is 6.26. The summed E-state index contributed by atoms with van der Waals surface area (Å²) in [6.07, 6.45) is 0. The Morgan fingerprint density at radius 2 is 2.33 bits per heavy atom. The molecule has 4 nitrogen and oxygen atoms in total. The van der Waals surface area contributed by atoms with Gasteiger partial charge in [-0.25, -0.2) is 4.79 Å². The maximum Gasteiger partial charge on any atom is 0.339 e. The molecule has 2 heterocycles. The van der Waals surface area contributed by atoms with Crippen molar-refractivity contribution < 1.29 is 14.3 Å². The highest BCUT2D eigenvalue weighted by molar-refractivity contribution is 8.00. The molecule has 1 aromatic rings. The summed E-state index contributed by atoms with van der Waals surface area (Å²) in [6.45, 7) is 7.87. The number of hydrogen-bond acceptors (Lipinski definition) is 4. The van der Waals surface area contributed by atoms with E-state index in [1.807, 2.05) is 11.8 Å². The molecule has 1 saturated heterocycles. The lowest BCUT2D eigenvalue weighted by atomic mass is 10.2. The van der Waals surface area contributed by atoms with Gasteiger partial charge in [-0.15, -0.1) is 0 Å². The Labute approximate surface area is 111 Å². The molecule has 0 aliphatic carbocycles. The van der Waals surface area contributed by atoms with E-state index in [4.69, 9.17) is 9.52 Å². The van der Waals surface area contributed by atoms with Crippen LogP contribution in [0.5, 0.6) is 0 Å². The Bertz CT molecular complexity index is 443. The highest BCUT2D eigenvalue weighted by Crippen LogP contribution is 2.26. The number of carboxylic acid groups (broad SMARTS) is 1. The lowest BCUT2D eigenvalue weighted by Gasteiger charge is -2.36. The van der Waals surface area contributed by atoms with E-state index in [1.165, 1.54) is 0 Å². The minimum absolute atomic E-state index is 0.275. The van der Waals surface area contributed by atoms with E-state index in [2.05, 4.69) is 18.7 Å². The molecule has 2 rings (SSSR count). The monoisotopic (exact) mass is 269 g/mol. The largest absolute Gasteiger partial charge is 0.478 e. The van der Waals surface area contributed by atoms with Gasteiger partial charge in [0.15, 0.2) is 0 Å². The van der Waals surface area contributed by atoms with Crippen LogP contribution in [0.3, 0.4) is 0 Å². The van der Waals surface area contributed by atoms with Crippen molar-refractivity contribution in [1.82, 2.24) is 4.90 Å². The van der Waals surface area contributed by atoms with Crippen LogP contribution in [-0.4, -0.2) is 39.6 Å². The van der Waals surface area contributed by atoms with Crippen LogP contribution in [0.1, 0.15) is 35.7 Å². The predicted octanol–water partition coefficient (Wildman–Crippen LogP) is 2.61. The fourth-order valence-corrected chi connectivity index (χ4v) is 3.42. The topological polar surface area (TPSA) is 53.7 Å². The average molecular weight is 269 g/mol. The van der Waals surface area contributed by atoms with Crippen molar-refractivity contribution >= 4 is 17.7 Å². The predicted molar refractivity (Wildman–Crippen MR) is 72.2 cm³/mol. The first-order valence-electron chi connectivity index (χ1n) is 6.17. The molecule has 0 saturated carbocycles. The quantitative estimate of drug-likeness (QED) is 0.914. The summed E-state index contributed by atoms with van der Waals surface area (Å²) < 4.78 is 5.53. The third kappa shape index (κ3) is 2.72. The van der Waals surface area contributed by atoms with Crippen molar-refractivity contribution in [1.29, 1.82) is 0 Å². The molecule has 1 aromatic heterocycles. The molecule has 0 radical (unpaired) electrons. The maximum absolute atomic E-state index is 11.0. The molecule has 0 bridgehead atoms. The summed E-state index contributed by atoms with van der Waals surface area (Å²) in [5.41, 5.74) is 0.275. The summed E-state index contributed by atoms with van der Waals surface area (Å²) in [7, 11) is 0. The van der Waals surface area contributed by atoms with Crippen molar-refractivity contribution in [3.63, 3.8) is 0 Å². The minimum Gasteiger partial charge on any atom is -0.478 e. The first-order valence-corrected chi connectivity index (χ1v) is 7.22. The van der Waals surface area contributed by atoms with Crippen LogP contribution in [-0.2, 0) is 6.54 Å². The molecule has 1 N–H and O–H groups in total. The third-order valence-corrected chi connectivity index (χ3v) is 4.91. The first-order chi connectivity index (χ1) is 8.49. The zero-order valence-electron chi connectivity index (χ0n) is 11.0. The van der Waals surface area contributed by atoms with Gasteiger partial charge in [0, 0.05) is 23.6 Å². The highest BCUT2D eigenvalue weighted by Gasteiger charge is 2.26. The van der Waals surface area contributed by atoms with Gasteiger partial charge in [0.2, 0.25) is 0 Å². The van der Waals surface area contributed by atoms with E-state index in [1.54, 1.807) is 13.0 Å². The van der Waals surface area contributed by atoms with Crippen LogP contribution < -0.4 is 0 Å². The normalized spacial score (nSPS) is 25.3. The Kier molecular flexibility index (Phi) is 4.02. The molecule has 1 aliphatic rings. The molecule has 0 spiro atoms. The number of nitrogens with zero attached hydrogens (tertiary/aromatic N) is 1. The van der Waals surface area contributed by atoms with Crippen LogP contribution in [0.15, 0.2) is 10.5 Å². The molecule has 1 fully saturated rings. The summed E-state index contributed by atoms with van der Waals surface area (Å²) in [5, 5.41) is 9.61. The number of carbonyl (C=O) groups is 1. The van der Waals surface area contributed by atoms with Crippen LogP contribution in [0.4, 0.5) is 0 Å². The summed E-state index contributed by atoms with van der Waals surface area (Å²) in [5.74, 6) is 1.44. The van der Waals surface area contributed by atoms with E-state index in [9.17, 15) is 4.79 Å². The molecule has 2 unspecified atom stereocenters. The van der Waals surface area contributed by atoms with E-state index < -0.39 is 5.97 Å². The summed E-state index contributed by atoms with van der Waals surface area (Å²) in [6, 6.07) is 2.14. The van der Waals surface area contributed by atoms with Crippen LogP contribution >= 0.6 is 11.8 Å². The fraction of sp³-hybridized carbons (Fsp3) is 0.615. The molecule has 0 aromatic carbocycles. The lowest BCUT2D eigenvalue weighted by Crippen LogP contribution is -2.43. The third-order valence-electron chi connectivity index (χ3n) is 3.57. The zero-order valence-corrected chi connectivity index (χ0v) is 11.8. The van der Waals surface area contributed by atoms with Gasteiger partial charge in [0.25, 0.3) is 0 Å². The summed E-state index contributed by atoms with van der Waals surface area (Å²) in [4.78, 5) is 13.3. The number of furan rings is 1. The van der Waals surface area contributed by atoms with Gasteiger partial charge in [0.05, 0.1) is 6.54 Å². The molecule has 1 aliphatic heterocycles. The highest BCUT2D eigenvalue weighted by atomic mass is 32.2. The zero-order chi connectivity index (χ0) is 13.3. The van der Waals surface area contributed by atoms with E-state index in [0.29, 0.717) is 23.6 Å². The molecule has 18 heavy (non-hydrogen) atoms. The molecule has 5 heteroatoms. The second kappa shape index (κ2) is 5.36. The Balaban J connectivity index is 2.09. The minimum atomic E-state index is -0.918. The van der Waals surface area contributed by atoms with Gasteiger partial charge in [0.1, 0.15) is 17.1 Å². The SMILES string of the molecule is Cc1oc(CN2CCSC(C)C2C)cc1C(=O)O. The van der Waals surface area contributed by atoms with Gasteiger partial charge in [-0.1, -0.05) is 6.92 Å². The van der Waals surface area contributed by atoms with Gasteiger partial charge in [-0.3, -0.25) is 4.90 Å². The molecule has 2 atom stereocenters. The number of thioether (sulfide) groups is 1. The average Bonchev–Trinajstić information content (AvgIpc) is 2.66. The Morgan fingerprint density at radius 3 is 2.94 bits per heavy atom. The van der Waals surface area contributed by atoms with Crippen LogP contribution in [0.25, 0.3) is 0 Å². The summed E-state index contributed by atoms with van der Waals surface area (Å²) >= 11 is 1.99. The van der Waals surface area contributed by atoms with Gasteiger partial charge >= 0.3 is 5.97 Å². The number of hydrogen-bond donors (Lipinski definition) is 1. The number of aromatic carboxylic acids is 1. The van der Waals surface area contributed by atoms with E-state index >= 15 is 0 Å². The Morgan fingerprint density at radius 1 is 1.61 bits per heavy atom. The van der Waals surface area contributed by atoms with E-state index in [-0.39, 0.29) is 5.56 Å². The van der Waals surface area contributed by atoms with Crippen LogP contribution in [0, 0.1) is 6.92 Å². The fourth-order valence-electron chi connectivity index (χ4n) is 2.25. The Hall–Kier alpha value is -0.940. The standard InChI is InChI=1S/C13H19NO3S/c1-8-10(3)18-5-4-14(8)7-11-6-12(13(15)16)9(2)17-11/h6,8,10H,4-5,7H2,1-3H3,(H,15,16). The lowest BCUT2D eigenvalue weighted by molar-refractivity contribution is 0.0695. The van der Waals surface area contributed by atoms with Crippen molar-refractivity contribution in [2.24, 2.45) is 0 Å². The first kappa shape index (κ1) is 13.5. The van der Waals surface area contributed by atoms with Crippen molar-refractivity contribution in [3.8, 4) is 0 Å². The number of rotatable bonds is 3. The molecular weight excluding hydrogens is 250 g/mol. The van der Waals surface area contributed by atoms with Crippen molar-refractivity contribution in [2.75, 3.05) is 12.3 Å². The second-order valence-electron chi connectivity index (χ2n) is 4.77. The maximum atomic E-state index is 11.0. The molecule has 100 valence electrons. The van der Waals surface area contributed by atoms with Crippen LogP contribution in [0.2, 0.25) is 0 Å². The van der Waals surface area contributed by atoms with Crippen molar-refractivity contribution in [2.45, 2.75) is 38.6 Å². The van der Waals surface area contributed by atoms with Crippen molar-refractivity contribution in [3.05, 3.63) is 23.2 Å². The van der Waals surface area contributed by atoms with Gasteiger partial charge in [-0.05, 0) is 19.9 Å². The molecular formula is C13H19NO3S. The smallest absolute Gasteiger partial charge is 0.339 e. The van der Waals surface area contributed by atoms with E-state index in [0.717, 1.165) is 18.1 Å².